The lowest BCUT2D eigenvalue weighted by atomic mass is 10.1. The summed E-state index contributed by atoms with van der Waals surface area (Å²) in [6.45, 7) is 5.51. The number of ether oxygens (including phenoxy) is 1. The van der Waals surface area contributed by atoms with Crippen LogP contribution in [0.5, 0.6) is 5.75 Å². The highest BCUT2D eigenvalue weighted by molar-refractivity contribution is 5.77. The summed E-state index contributed by atoms with van der Waals surface area (Å²) >= 11 is 0. The fourth-order valence-corrected chi connectivity index (χ4v) is 5.27. The average Bonchev–Trinajstić information content (AvgIpc) is 3.05. The molecule has 0 fully saturated rings. The number of fused-ring (bicyclic) bond motifs is 1. The number of carboxylic acid groups (broad SMARTS) is 1. The molecule has 3 aromatic heterocycles. The highest BCUT2D eigenvalue weighted by Crippen LogP contribution is 2.21. The Kier molecular flexibility index (Phi) is 11.1. The lowest BCUT2D eigenvalue weighted by Gasteiger charge is -2.24. The van der Waals surface area contributed by atoms with Crippen LogP contribution in [-0.2, 0) is 17.6 Å². The largest absolute Gasteiger partial charge is 0.491 e. The highest BCUT2D eigenvalue weighted by atomic mass is 16.5. The number of rotatable bonds is 16. The minimum Gasteiger partial charge on any atom is -0.491 e. The molecule has 4 heterocycles. The average molecular weight is 596 g/mol. The molecule has 4 aromatic rings. The van der Waals surface area contributed by atoms with Crippen LogP contribution in [-0.4, -0.2) is 74.7 Å². The number of aromatic nitrogens is 4. The summed E-state index contributed by atoms with van der Waals surface area (Å²) in [5.74, 6) is 1.33. The van der Waals surface area contributed by atoms with Gasteiger partial charge in [0.05, 0.1) is 11.9 Å². The van der Waals surface area contributed by atoms with Gasteiger partial charge in [0.1, 0.15) is 36.4 Å². The van der Waals surface area contributed by atoms with Gasteiger partial charge in [-0.15, -0.1) is 0 Å². The number of nitrogens with zero attached hydrogens (tertiary/aromatic N) is 5. The van der Waals surface area contributed by atoms with Crippen molar-refractivity contribution in [2.24, 2.45) is 0 Å². The molecule has 3 N–H and O–H groups in total. The van der Waals surface area contributed by atoms with Crippen LogP contribution in [0.1, 0.15) is 42.6 Å². The highest BCUT2D eigenvalue weighted by Gasteiger charge is 2.20. The van der Waals surface area contributed by atoms with Gasteiger partial charge in [-0.3, -0.25) is 9.88 Å². The smallest absolute Gasteiger partial charge is 0.326 e. The Hall–Kier alpha value is -4.57. The van der Waals surface area contributed by atoms with E-state index >= 15 is 0 Å². The zero-order valence-corrected chi connectivity index (χ0v) is 25.3. The molecular formula is C34H41N7O3. The molecule has 0 aliphatic carbocycles. The molecule has 10 heteroatoms. The Morgan fingerprint density at radius 1 is 1.05 bits per heavy atom. The number of carboxylic acids is 1. The van der Waals surface area contributed by atoms with Gasteiger partial charge in [-0.2, -0.15) is 0 Å². The molecule has 10 nitrogen and oxygen atoms in total. The van der Waals surface area contributed by atoms with Crippen LogP contribution < -0.4 is 15.4 Å². The molecule has 0 radical (unpaired) electrons. The maximum absolute atomic E-state index is 12.2. The van der Waals surface area contributed by atoms with E-state index in [0.717, 1.165) is 79.4 Å². The van der Waals surface area contributed by atoms with Crippen molar-refractivity contribution in [1.29, 1.82) is 0 Å². The second-order valence-electron chi connectivity index (χ2n) is 11.1. The maximum Gasteiger partial charge on any atom is 0.326 e. The normalized spacial score (nSPS) is 13.1. The summed E-state index contributed by atoms with van der Waals surface area (Å²) in [5.41, 5.74) is 5.03. The fourth-order valence-electron chi connectivity index (χ4n) is 5.27. The van der Waals surface area contributed by atoms with Crippen molar-refractivity contribution in [3.63, 3.8) is 0 Å². The van der Waals surface area contributed by atoms with E-state index in [0.29, 0.717) is 31.9 Å². The molecule has 1 aliphatic heterocycles. The number of aryl methyl sites for hydroxylation is 3. The van der Waals surface area contributed by atoms with Gasteiger partial charge in [0.2, 0.25) is 0 Å². The van der Waals surface area contributed by atoms with Gasteiger partial charge in [-0.1, -0.05) is 36.4 Å². The number of carbonyl (C=O) groups is 1. The summed E-state index contributed by atoms with van der Waals surface area (Å²) in [5, 5.41) is 16.6. The van der Waals surface area contributed by atoms with Crippen LogP contribution in [0, 0.1) is 6.92 Å². The first-order valence-electron chi connectivity index (χ1n) is 15.4. The van der Waals surface area contributed by atoms with E-state index in [4.69, 9.17) is 9.72 Å². The number of benzene rings is 1. The third-order valence-corrected chi connectivity index (χ3v) is 7.76. The predicted octanol–water partition coefficient (Wildman–Crippen LogP) is 5.26. The number of unbranched alkanes of at least 4 members (excludes halogenated alkanes) is 1. The van der Waals surface area contributed by atoms with E-state index in [1.54, 1.807) is 12.3 Å². The van der Waals surface area contributed by atoms with Crippen LogP contribution in [0.4, 0.5) is 11.6 Å². The van der Waals surface area contributed by atoms with Crippen LogP contribution in [0.25, 0.3) is 11.3 Å². The van der Waals surface area contributed by atoms with Crippen molar-refractivity contribution in [1.82, 2.24) is 24.8 Å². The van der Waals surface area contributed by atoms with Gasteiger partial charge in [-0.05, 0) is 75.8 Å². The number of anilines is 2. The van der Waals surface area contributed by atoms with Crippen molar-refractivity contribution in [2.45, 2.75) is 51.5 Å². The summed E-state index contributed by atoms with van der Waals surface area (Å²) in [6.07, 6.45) is 8.71. The molecule has 230 valence electrons. The number of aliphatic carboxylic acids is 1. The lowest BCUT2D eigenvalue weighted by Crippen LogP contribution is -2.37. The summed E-state index contributed by atoms with van der Waals surface area (Å²) in [6, 6.07) is 18.9. The molecule has 0 unspecified atom stereocenters. The minimum absolute atomic E-state index is 0.407. The van der Waals surface area contributed by atoms with E-state index in [2.05, 4.69) is 42.6 Å². The topological polar surface area (TPSA) is 125 Å². The van der Waals surface area contributed by atoms with E-state index in [-0.39, 0.29) is 0 Å². The third kappa shape index (κ3) is 9.21. The Morgan fingerprint density at radius 2 is 1.93 bits per heavy atom. The standard InChI is InChI=1S/C34H41N7O3/c1-25-12-15-29(23-36-25)44-21-20-41(18-6-5-11-28-14-13-27-10-7-17-35-33(27)39-28)19-16-30(34(42)43)40-32-22-31(37-24-38-32)26-8-3-2-4-9-26/h2-4,8-9,12-15,22-24,30H,5-7,10-11,16-21H2,1H3,(H,35,39)(H,42,43)(H,37,38,40)/t30-/m0/s1. The number of hydrogen-bond donors (Lipinski definition) is 3. The third-order valence-electron chi connectivity index (χ3n) is 7.76. The van der Waals surface area contributed by atoms with Crippen molar-refractivity contribution < 1.29 is 14.6 Å². The van der Waals surface area contributed by atoms with Crippen LogP contribution in [0.3, 0.4) is 0 Å². The number of nitrogens with one attached hydrogen (secondary N) is 2. The summed E-state index contributed by atoms with van der Waals surface area (Å²) in [4.78, 5) is 32.3. The first kappa shape index (κ1) is 30.9. The van der Waals surface area contributed by atoms with Crippen LogP contribution >= 0.6 is 0 Å². The van der Waals surface area contributed by atoms with Crippen LogP contribution in [0.2, 0.25) is 0 Å². The second kappa shape index (κ2) is 15.8. The molecule has 44 heavy (non-hydrogen) atoms. The van der Waals surface area contributed by atoms with Gasteiger partial charge in [0.15, 0.2) is 0 Å². The van der Waals surface area contributed by atoms with Gasteiger partial charge in [-0.25, -0.2) is 19.7 Å². The van der Waals surface area contributed by atoms with Crippen LogP contribution in [0.15, 0.2) is 73.2 Å². The van der Waals surface area contributed by atoms with Crippen molar-refractivity contribution in [3.05, 3.63) is 90.1 Å². The Balaban J connectivity index is 1.17. The molecule has 0 saturated carbocycles. The SMILES string of the molecule is Cc1ccc(OCCN(CCCCc2ccc3c(n2)NCCC3)CC[C@H](Nc2cc(-c3ccccc3)ncn2)C(=O)O)cn1. The molecule has 0 saturated heterocycles. The van der Waals surface area contributed by atoms with Gasteiger partial charge < -0.3 is 20.5 Å². The minimum atomic E-state index is -0.918. The molecule has 1 aliphatic rings. The van der Waals surface area contributed by atoms with Crippen molar-refractivity contribution >= 4 is 17.6 Å². The molecule has 1 atom stereocenters. The molecule has 0 spiro atoms. The molecular weight excluding hydrogens is 554 g/mol. The Bertz CT molecular complexity index is 1480. The first-order valence-corrected chi connectivity index (χ1v) is 15.4. The lowest BCUT2D eigenvalue weighted by molar-refractivity contribution is -0.138. The maximum atomic E-state index is 12.2. The molecule has 0 amide bonds. The van der Waals surface area contributed by atoms with Gasteiger partial charge in [0.25, 0.3) is 0 Å². The van der Waals surface area contributed by atoms with E-state index in [1.807, 2.05) is 49.4 Å². The Labute approximate surface area is 259 Å². The second-order valence-corrected chi connectivity index (χ2v) is 11.1. The fraction of sp³-hybridized carbons (Fsp3) is 0.382. The number of pyridine rings is 2. The van der Waals surface area contributed by atoms with E-state index in [1.165, 1.54) is 11.9 Å². The quantitative estimate of drug-likeness (QED) is 0.148. The van der Waals surface area contributed by atoms with E-state index < -0.39 is 12.0 Å². The molecule has 0 bridgehead atoms. The zero-order valence-electron chi connectivity index (χ0n) is 25.3. The van der Waals surface area contributed by atoms with Crippen molar-refractivity contribution in [3.8, 4) is 17.0 Å². The van der Waals surface area contributed by atoms with Gasteiger partial charge >= 0.3 is 5.97 Å². The zero-order chi connectivity index (χ0) is 30.6. The predicted molar refractivity (Wildman–Crippen MR) is 172 cm³/mol. The van der Waals surface area contributed by atoms with E-state index in [9.17, 15) is 9.90 Å². The molecule has 5 rings (SSSR count). The molecule has 1 aromatic carbocycles. The monoisotopic (exact) mass is 595 g/mol. The first-order chi connectivity index (χ1) is 21.5. The number of hydrogen-bond acceptors (Lipinski definition) is 9. The van der Waals surface area contributed by atoms with Gasteiger partial charge in [0, 0.05) is 42.7 Å². The summed E-state index contributed by atoms with van der Waals surface area (Å²) in [7, 11) is 0. The summed E-state index contributed by atoms with van der Waals surface area (Å²) < 4.78 is 5.96. The Morgan fingerprint density at radius 3 is 2.75 bits per heavy atom. The van der Waals surface area contributed by atoms with Crippen molar-refractivity contribution in [2.75, 3.05) is 43.4 Å².